The second-order valence-electron chi connectivity index (χ2n) is 4.44. The van der Waals surface area contributed by atoms with E-state index in [2.05, 4.69) is 5.32 Å². The third-order valence-corrected chi connectivity index (χ3v) is 3.89. The van der Waals surface area contributed by atoms with Crippen LogP contribution in [0.5, 0.6) is 0 Å². The average Bonchev–Trinajstić information content (AvgIpc) is 2.90. The molecule has 6 heteroatoms. The molecule has 1 unspecified atom stereocenters. The fourth-order valence-electron chi connectivity index (χ4n) is 1.83. The monoisotopic (exact) mass is 301 g/mol. The molecular weight excluding hydrogens is 287 g/mol. The summed E-state index contributed by atoms with van der Waals surface area (Å²) in [5, 5.41) is 14.5. The molecule has 1 aromatic carbocycles. The van der Waals surface area contributed by atoms with Crippen LogP contribution in [0.4, 0.5) is 18.9 Å². The third-order valence-electron chi connectivity index (χ3n) is 2.91. The van der Waals surface area contributed by atoms with Crippen LogP contribution in [-0.4, -0.2) is 11.7 Å². The largest absolute Gasteiger partial charge is 0.416 e. The fourth-order valence-corrected chi connectivity index (χ4v) is 2.55. The molecular formula is C14H14F3NOS. The number of alkyl halides is 3. The molecule has 0 aliphatic carbocycles. The molecule has 1 atom stereocenters. The SMILES string of the molecule is Cc1ccc(NCC(O)c2cccs2)cc1C(F)(F)F. The van der Waals surface area contributed by atoms with Gasteiger partial charge in [-0.25, -0.2) is 0 Å². The number of aryl methyl sites for hydroxylation is 1. The van der Waals surface area contributed by atoms with Crippen LogP contribution in [0.1, 0.15) is 22.1 Å². The van der Waals surface area contributed by atoms with Gasteiger partial charge in [0.15, 0.2) is 0 Å². The van der Waals surface area contributed by atoms with Crippen LogP contribution in [0.2, 0.25) is 0 Å². The zero-order valence-electron chi connectivity index (χ0n) is 10.7. The number of rotatable bonds is 4. The van der Waals surface area contributed by atoms with Gasteiger partial charge in [0.05, 0.1) is 5.56 Å². The van der Waals surface area contributed by atoms with Crippen LogP contribution in [0, 0.1) is 6.92 Å². The second-order valence-corrected chi connectivity index (χ2v) is 5.42. The Labute approximate surface area is 118 Å². The molecule has 0 aliphatic heterocycles. The van der Waals surface area contributed by atoms with Crippen LogP contribution >= 0.6 is 11.3 Å². The van der Waals surface area contributed by atoms with E-state index in [1.165, 1.54) is 24.3 Å². The highest BCUT2D eigenvalue weighted by molar-refractivity contribution is 7.10. The Morgan fingerprint density at radius 1 is 1.30 bits per heavy atom. The molecule has 1 heterocycles. The first-order valence-electron chi connectivity index (χ1n) is 6.01. The highest BCUT2D eigenvalue weighted by Crippen LogP contribution is 2.33. The lowest BCUT2D eigenvalue weighted by molar-refractivity contribution is -0.138. The summed E-state index contributed by atoms with van der Waals surface area (Å²) in [6.07, 6.45) is -5.10. The van der Waals surface area contributed by atoms with Crippen molar-refractivity contribution in [2.75, 3.05) is 11.9 Å². The average molecular weight is 301 g/mol. The number of hydrogen-bond acceptors (Lipinski definition) is 3. The van der Waals surface area contributed by atoms with Crippen molar-refractivity contribution >= 4 is 17.0 Å². The van der Waals surface area contributed by atoms with Gasteiger partial charge in [-0.15, -0.1) is 11.3 Å². The van der Waals surface area contributed by atoms with Gasteiger partial charge in [-0.3, -0.25) is 0 Å². The minimum absolute atomic E-state index is 0.168. The first-order valence-corrected chi connectivity index (χ1v) is 6.89. The van der Waals surface area contributed by atoms with Gasteiger partial charge in [-0.2, -0.15) is 13.2 Å². The molecule has 2 N–H and O–H groups in total. The molecule has 0 aliphatic rings. The summed E-state index contributed by atoms with van der Waals surface area (Å²) in [7, 11) is 0. The molecule has 0 spiro atoms. The van der Waals surface area contributed by atoms with Crippen LogP contribution < -0.4 is 5.32 Å². The van der Waals surface area contributed by atoms with Crippen LogP contribution in [0.15, 0.2) is 35.7 Å². The van der Waals surface area contributed by atoms with Crippen molar-refractivity contribution in [2.45, 2.75) is 19.2 Å². The standard InChI is InChI=1S/C14H14F3NOS/c1-9-4-5-10(7-11(9)14(15,16)17)18-8-12(19)13-3-2-6-20-13/h2-7,12,18-19H,8H2,1H3. The van der Waals surface area contributed by atoms with E-state index >= 15 is 0 Å². The Morgan fingerprint density at radius 3 is 2.65 bits per heavy atom. The van der Waals surface area contributed by atoms with E-state index < -0.39 is 17.8 Å². The summed E-state index contributed by atoms with van der Waals surface area (Å²) in [6, 6.07) is 7.66. The normalized spacial score (nSPS) is 13.2. The van der Waals surface area contributed by atoms with Crippen LogP contribution in [0.3, 0.4) is 0 Å². The van der Waals surface area contributed by atoms with Crippen molar-refractivity contribution in [3.05, 3.63) is 51.7 Å². The van der Waals surface area contributed by atoms with E-state index in [0.717, 1.165) is 10.9 Å². The zero-order chi connectivity index (χ0) is 14.8. The summed E-state index contributed by atoms with van der Waals surface area (Å²) in [6.45, 7) is 1.59. The molecule has 2 aromatic rings. The van der Waals surface area contributed by atoms with Gasteiger partial charge in [0.1, 0.15) is 6.10 Å². The summed E-state index contributed by atoms with van der Waals surface area (Å²) in [5.74, 6) is 0. The number of aliphatic hydroxyl groups excluding tert-OH is 1. The highest BCUT2D eigenvalue weighted by Gasteiger charge is 2.32. The Morgan fingerprint density at radius 2 is 2.05 bits per heavy atom. The molecule has 20 heavy (non-hydrogen) atoms. The number of thiophene rings is 1. The lowest BCUT2D eigenvalue weighted by Gasteiger charge is -2.15. The van der Waals surface area contributed by atoms with E-state index in [9.17, 15) is 18.3 Å². The highest BCUT2D eigenvalue weighted by atomic mass is 32.1. The fraction of sp³-hybridized carbons (Fsp3) is 0.286. The van der Waals surface area contributed by atoms with Gasteiger partial charge in [0.25, 0.3) is 0 Å². The van der Waals surface area contributed by atoms with Crippen LogP contribution in [0.25, 0.3) is 0 Å². The summed E-state index contributed by atoms with van der Waals surface area (Å²) >= 11 is 1.41. The molecule has 0 amide bonds. The van der Waals surface area contributed by atoms with E-state index in [-0.39, 0.29) is 12.1 Å². The number of benzene rings is 1. The summed E-state index contributed by atoms with van der Waals surface area (Å²) < 4.78 is 38.3. The van der Waals surface area contributed by atoms with Crippen molar-refractivity contribution in [2.24, 2.45) is 0 Å². The second kappa shape index (κ2) is 5.85. The molecule has 1 aromatic heterocycles. The maximum absolute atomic E-state index is 12.8. The molecule has 0 saturated carbocycles. The van der Waals surface area contributed by atoms with E-state index in [4.69, 9.17) is 0 Å². The smallest absolute Gasteiger partial charge is 0.386 e. The number of anilines is 1. The van der Waals surface area contributed by atoms with E-state index in [1.807, 2.05) is 11.4 Å². The van der Waals surface area contributed by atoms with Crippen molar-refractivity contribution in [3.8, 4) is 0 Å². The van der Waals surface area contributed by atoms with Gasteiger partial charge >= 0.3 is 6.18 Å². The predicted octanol–water partition coefficient (Wildman–Crippen LogP) is 4.22. The lowest BCUT2D eigenvalue weighted by atomic mass is 10.1. The first-order chi connectivity index (χ1) is 9.38. The molecule has 0 radical (unpaired) electrons. The van der Waals surface area contributed by atoms with Gasteiger partial charge in [-0.05, 0) is 36.1 Å². The number of aliphatic hydroxyl groups is 1. The Hall–Kier alpha value is -1.53. The van der Waals surface area contributed by atoms with E-state index in [1.54, 1.807) is 12.1 Å². The van der Waals surface area contributed by atoms with Gasteiger partial charge in [0.2, 0.25) is 0 Å². The summed E-state index contributed by atoms with van der Waals surface area (Å²) in [5.41, 5.74) is -0.131. The van der Waals surface area contributed by atoms with Crippen molar-refractivity contribution in [3.63, 3.8) is 0 Å². The Bertz CT molecular complexity index is 566. The van der Waals surface area contributed by atoms with Gasteiger partial charge in [0, 0.05) is 17.1 Å². The topological polar surface area (TPSA) is 32.3 Å². The summed E-state index contributed by atoms with van der Waals surface area (Å²) in [4.78, 5) is 0.778. The molecule has 2 nitrogen and oxygen atoms in total. The van der Waals surface area contributed by atoms with Crippen molar-refractivity contribution in [1.29, 1.82) is 0 Å². The predicted molar refractivity (Wildman–Crippen MR) is 73.9 cm³/mol. The quantitative estimate of drug-likeness (QED) is 0.886. The van der Waals surface area contributed by atoms with E-state index in [0.29, 0.717) is 5.69 Å². The first kappa shape index (κ1) is 14.9. The van der Waals surface area contributed by atoms with Crippen molar-refractivity contribution < 1.29 is 18.3 Å². The molecule has 0 fully saturated rings. The minimum Gasteiger partial charge on any atom is -0.386 e. The third kappa shape index (κ3) is 3.52. The molecule has 0 saturated heterocycles. The molecule has 108 valence electrons. The number of halogens is 3. The maximum Gasteiger partial charge on any atom is 0.416 e. The Kier molecular flexibility index (Phi) is 4.35. The lowest BCUT2D eigenvalue weighted by Crippen LogP contribution is -2.13. The number of nitrogens with one attached hydrogen (secondary N) is 1. The van der Waals surface area contributed by atoms with Crippen molar-refractivity contribution in [1.82, 2.24) is 0 Å². The maximum atomic E-state index is 12.8. The molecule has 2 rings (SSSR count). The van der Waals surface area contributed by atoms with Gasteiger partial charge < -0.3 is 10.4 Å². The van der Waals surface area contributed by atoms with Crippen LogP contribution in [-0.2, 0) is 6.18 Å². The van der Waals surface area contributed by atoms with Gasteiger partial charge in [-0.1, -0.05) is 12.1 Å². The molecule has 0 bridgehead atoms. The zero-order valence-corrected chi connectivity index (χ0v) is 11.6. The number of hydrogen-bond donors (Lipinski definition) is 2. The minimum atomic E-state index is -4.37. The Balaban J connectivity index is 2.07.